The molecule has 0 atom stereocenters. The highest BCUT2D eigenvalue weighted by Gasteiger charge is 2.08. The second-order valence-corrected chi connectivity index (χ2v) is 4.20. The maximum atomic E-state index is 13.5. The molecule has 0 radical (unpaired) electrons. The first kappa shape index (κ1) is 14.0. The van der Waals surface area contributed by atoms with Crippen LogP contribution in [0.3, 0.4) is 0 Å². The fourth-order valence-electron chi connectivity index (χ4n) is 1.65. The molecular formula is C15H14F2N2O. The van der Waals surface area contributed by atoms with Crippen LogP contribution in [0.15, 0.2) is 42.5 Å². The molecule has 0 aromatic heterocycles. The number of para-hydroxylation sites is 1. The fourth-order valence-corrected chi connectivity index (χ4v) is 1.65. The van der Waals surface area contributed by atoms with Gasteiger partial charge < -0.3 is 10.6 Å². The number of anilines is 3. The van der Waals surface area contributed by atoms with Gasteiger partial charge in [-0.15, -0.1) is 0 Å². The Morgan fingerprint density at radius 3 is 2.10 bits per heavy atom. The van der Waals surface area contributed by atoms with E-state index in [1.54, 1.807) is 31.2 Å². The van der Waals surface area contributed by atoms with Gasteiger partial charge in [0.05, 0.1) is 0 Å². The van der Waals surface area contributed by atoms with Crippen LogP contribution in [0, 0.1) is 11.6 Å². The summed E-state index contributed by atoms with van der Waals surface area (Å²) >= 11 is 0. The molecule has 0 saturated carbocycles. The molecule has 0 aliphatic rings. The topological polar surface area (TPSA) is 41.1 Å². The van der Waals surface area contributed by atoms with Crippen LogP contribution in [0.1, 0.15) is 13.3 Å². The monoisotopic (exact) mass is 276 g/mol. The van der Waals surface area contributed by atoms with Crippen molar-refractivity contribution >= 4 is 23.0 Å². The van der Waals surface area contributed by atoms with Crippen LogP contribution >= 0.6 is 0 Å². The van der Waals surface area contributed by atoms with Gasteiger partial charge in [0.25, 0.3) is 0 Å². The molecule has 2 N–H and O–H groups in total. The van der Waals surface area contributed by atoms with Crippen LogP contribution in [0.25, 0.3) is 0 Å². The molecule has 2 rings (SSSR count). The standard InChI is InChI=1S/C15H14F2N2O/c1-2-14(20)18-10-6-8-11(9-7-10)19-15-12(16)4-3-5-13(15)17/h3-9,19H,2H2,1H3,(H,18,20). The summed E-state index contributed by atoms with van der Waals surface area (Å²) in [6, 6.07) is 10.3. The average molecular weight is 276 g/mol. The number of amides is 1. The van der Waals surface area contributed by atoms with Gasteiger partial charge in [-0.05, 0) is 36.4 Å². The molecule has 0 aliphatic carbocycles. The van der Waals surface area contributed by atoms with Crippen molar-refractivity contribution in [3.8, 4) is 0 Å². The van der Waals surface area contributed by atoms with E-state index in [1.807, 2.05) is 0 Å². The number of hydrogen-bond donors (Lipinski definition) is 2. The lowest BCUT2D eigenvalue weighted by atomic mass is 10.2. The molecule has 0 bridgehead atoms. The van der Waals surface area contributed by atoms with E-state index in [1.165, 1.54) is 18.2 Å². The minimum atomic E-state index is -0.659. The lowest BCUT2D eigenvalue weighted by molar-refractivity contribution is -0.115. The van der Waals surface area contributed by atoms with Crippen LogP contribution in [0.2, 0.25) is 0 Å². The van der Waals surface area contributed by atoms with Crippen molar-refractivity contribution in [1.82, 2.24) is 0 Å². The Morgan fingerprint density at radius 2 is 1.55 bits per heavy atom. The Bertz CT molecular complexity index is 592. The van der Waals surface area contributed by atoms with E-state index in [2.05, 4.69) is 10.6 Å². The molecule has 0 saturated heterocycles. The summed E-state index contributed by atoms with van der Waals surface area (Å²) in [5.41, 5.74) is 0.970. The molecule has 0 aliphatic heterocycles. The Morgan fingerprint density at radius 1 is 1.00 bits per heavy atom. The van der Waals surface area contributed by atoms with Gasteiger partial charge in [0.2, 0.25) is 5.91 Å². The van der Waals surface area contributed by atoms with Crippen LogP contribution in [-0.2, 0) is 4.79 Å². The van der Waals surface area contributed by atoms with E-state index in [-0.39, 0.29) is 11.6 Å². The first-order chi connectivity index (χ1) is 9.60. The van der Waals surface area contributed by atoms with Gasteiger partial charge in [0.1, 0.15) is 17.3 Å². The normalized spacial score (nSPS) is 10.2. The van der Waals surface area contributed by atoms with Crippen LogP contribution in [0.4, 0.5) is 25.8 Å². The van der Waals surface area contributed by atoms with Gasteiger partial charge >= 0.3 is 0 Å². The van der Waals surface area contributed by atoms with Crippen molar-refractivity contribution in [3.05, 3.63) is 54.1 Å². The molecular weight excluding hydrogens is 262 g/mol. The van der Waals surface area contributed by atoms with E-state index in [0.29, 0.717) is 17.8 Å². The Hall–Kier alpha value is -2.43. The summed E-state index contributed by atoms with van der Waals surface area (Å²) in [4.78, 5) is 11.2. The largest absolute Gasteiger partial charge is 0.351 e. The van der Waals surface area contributed by atoms with Crippen molar-refractivity contribution in [1.29, 1.82) is 0 Å². The lowest BCUT2D eigenvalue weighted by Gasteiger charge is -2.09. The summed E-state index contributed by atoms with van der Waals surface area (Å²) < 4.78 is 26.9. The summed E-state index contributed by atoms with van der Waals surface area (Å²) in [7, 11) is 0. The molecule has 2 aromatic rings. The Labute approximate surface area is 115 Å². The average Bonchev–Trinajstić information content (AvgIpc) is 2.44. The quantitative estimate of drug-likeness (QED) is 0.884. The van der Waals surface area contributed by atoms with Crippen molar-refractivity contribution in [3.63, 3.8) is 0 Å². The maximum absolute atomic E-state index is 13.5. The smallest absolute Gasteiger partial charge is 0.224 e. The number of hydrogen-bond acceptors (Lipinski definition) is 2. The maximum Gasteiger partial charge on any atom is 0.224 e. The number of carbonyl (C=O) groups is 1. The van der Waals surface area contributed by atoms with Crippen molar-refractivity contribution in [2.24, 2.45) is 0 Å². The van der Waals surface area contributed by atoms with Gasteiger partial charge in [-0.3, -0.25) is 4.79 Å². The first-order valence-electron chi connectivity index (χ1n) is 6.21. The highest BCUT2D eigenvalue weighted by molar-refractivity contribution is 5.90. The number of carbonyl (C=O) groups excluding carboxylic acids is 1. The minimum Gasteiger partial charge on any atom is -0.351 e. The fraction of sp³-hybridized carbons (Fsp3) is 0.133. The van der Waals surface area contributed by atoms with Crippen molar-refractivity contribution < 1.29 is 13.6 Å². The zero-order chi connectivity index (χ0) is 14.5. The third-order valence-electron chi connectivity index (χ3n) is 2.72. The molecule has 2 aromatic carbocycles. The molecule has 104 valence electrons. The summed E-state index contributed by atoms with van der Waals surface area (Å²) in [6.45, 7) is 1.76. The predicted octanol–water partition coefficient (Wildman–Crippen LogP) is 4.06. The zero-order valence-electron chi connectivity index (χ0n) is 10.9. The van der Waals surface area contributed by atoms with Gasteiger partial charge in [-0.2, -0.15) is 0 Å². The second-order valence-electron chi connectivity index (χ2n) is 4.20. The van der Waals surface area contributed by atoms with Gasteiger partial charge in [-0.25, -0.2) is 8.78 Å². The molecule has 0 unspecified atom stereocenters. The number of nitrogens with one attached hydrogen (secondary N) is 2. The van der Waals surface area contributed by atoms with E-state index in [4.69, 9.17) is 0 Å². The minimum absolute atomic E-state index is 0.0918. The first-order valence-corrected chi connectivity index (χ1v) is 6.21. The summed E-state index contributed by atoms with van der Waals surface area (Å²) in [5, 5.41) is 5.36. The highest BCUT2D eigenvalue weighted by Crippen LogP contribution is 2.24. The zero-order valence-corrected chi connectivity index (χ0v) is 10.9. The molecule has 3 nitrogen and oxygen atoms in total. The predicted molar refractivity (Wildman–Crippen MR) is 75.0 cm³/mol. The van der Waals surface area contributed by atoms with Crippen molar-refractivity contribution in [2.45, 2.75) is 13.3 Å². The summed E-state index contributed by atoms with van der Waals surface area (Å²) in [6.07, 6.45) is 0.389. The lowest BCUT2D eigenvalue weighted by Crippen LogP contribution is -2.09. The number of benzene rings is 2. The third kappa shape index (κ3) is 3.32. The second kappa shape index (κ2) is 6.14. The Balaban J connectivity index is 2.13. The van der Waals surface area contributed by atoms with Crippen LogP contribution in [-0.4, -0.2) is 5.91 Å². The van der Waals surface area contributed by atoms with E-state index in [9.17, 15) is 13.6 Å². The van der Waals surface area contributed by atoms with E-state index < -0.39 is 11.6 Å². The third-order valence-corrected chi connectivity index (χ3v) is 2.72. The number of rotatable bonds is 4. The molecule has 1 amide bonds. The van der Waals surface area contributed by atoms with Crippen LogP contribution in [0.5, 0.6) is 0 Å². The molecule has 0 heterocycles. The van der Waals surface area contributed by atoms with Crippen LogP contribution < -0.4 is 10.6 Å². The van der Waals surface area contributed by atoms with E-state index in [0.717, 1.165) is 0 Å². The summed E-state index contributed by atoms with van der Waals surface area (Å²) in [5.74, 6) is -1.41. The SMILES string of the molecule is CCC(=O)Nc1ccc(Nc2c(F)cccc2F)cc1. The molecule has 0 spiro atoms. The van der Waals surface area contributed by atoms with E-state index >= 15 is 0 Å². The van der Waals surface area contributed by atoms with Crippen molar-refractivity contribution in [2.75, 3.05) is 10.6 Å². The van der Waals surface area contributed by atoms with Gasteiger partial charge in [0.15, 0.2) is 0 Å². The Kier molecular flexibility index (Phi) is 4.30. The molecule has 5 heteroatoms. The molecule has 0 fully saturated rings. The molecule has 20 heavy (non-hydrogen) atoms. The van der Waals surface area contributed by atoms with Gasteiger partial charge in [-0.1, -0.05) is 13.0 Å². The number of halogens is 2. The van der Waals surface area contributed by atoms with Gasteiger partial charge in [0, 0.05) is 17.8 Å². The highest BCUT2D eigenvalue weighted by atomic mass is 19.1.